The van der Waals surface area contributed by atoms with Crippen LogP contribution in [0.3, 0.4) is 0 Å². The van der Waals surface area contributed by atoms with E-state index in [2.05, 4.69) is 9.97 Å². The van der Waals surface area contributed by atoms with Crippen molar-refractivity contribution in [2.75, 3.05) is 0 Å². The lowest BCUT2D eigenvalue weighted by molar-refractivity contribution is 0.0642. The maximum Gasteiger partial charge on any atom is 0.261 e. The van der Waals surface area contributed by atoms with Gasteiger partial charge in [0.2, 0.25) is 5.89 Å². The molecule has 0 bridgehead atoms. The van der Waals surface area contributed by atoms with Gasteiger partial charge in [-0.1, -0.05) is 17.7 Å². The van der Waals surface area contributed by atoms with Gasteiger partial charge >= 0.3 is 0 Å². The fourth-order valence-corrected chi connectivity index (χ4v) is 3.43. The summed E-state index contributed by atoms with van der Waals surface area (Å²) in [5, 5.41) is 0.563. The molecule has 4 aromatic rings. The zero-order chi connectivity index (χ0) is 19.3. The van der Waals surface area contributed by atoms with Gasteiger partial charge in [-0.25, -0.2) is 4.98 Å². The number of fused-ring (bicyclic) bond motifs is 2. The molecule has 0 radical (unpaired) electrons. The molecule has 0 aliphatic carbocycles. The molecule has 28 heavy (non-hydrogen) atoms. The Morgan fingerprint density at radius 1 is 1.00 bits per heavy atom. The number of carbonyl (C=O) groups excluding carboxylic acids is 2. The summed E-state index contributed by atoms with van der Waals surface area (Å²) in [5.74, 6) is -0.296. The summed E-state index contributed by atoms with van der Waals surface area (Å²) >= 11 is 5.99. The molecule has 0 spiro atoms. The van der Waals surface area contributed by atoms with Gasteiger partial charge in [-0.3, -0.25) is 19.5 Å². The first-order valence-electron chi connectivity index (χ1n) is 8.56. The van der Waals surface area contributed by atoms with E-state index in [1.165, 1.54) is 4.90 Å². The fraction of sp³-hybridized carbons (Fsp3) is 0.0476. The van der Waals surface area contributed by atoms with E-state index >= 15 is 0 Å². The Balaban J connectivity index is 1.51. The van der Waals surface area contributed by atoms with Crippen molar-refractivity contribution in [1.29, 1.82) is 0 Å². The van der Waals surface area contributed by atoms with E-state index in [1.54, 1.807) is 54.9 Å². The van der Waals surface area contributed by atoms with Crippen molar-refractivity contribution in [3.63, 3.8) is 0 Å². The maximum atomic E-state index is 12.8. The van der Waals surface area contributed by atoms with E-state index in [0.717, 1.165) is 5.56 Å². The molecule has 0 saturated heterocycles. The SMILES string of the molecule is O=C1c2ccc(-c3nc4cc(Cl)ccc4o3)cc2C(=O)N1Cc1cccnc1. The molecule has 0 unspecified atom stereocenters. The second-order valence-electron chi connectivity index (χ2n) is 6.45. The lowest BCUT2D eigenvalue weighted by Crippen LogP contribution is -2.29. The predicted molar refractivity (Wildman–Crippen MR) is 103 cm³/mol. The molecular formula is C21H12ClN3O3. The second-order valence-corrected chi connectivity index (χ2v) is 6.89. The quantitative estimate of drug-likeness (QED) is 0.487. The minimum Gasteiger partial charge on any atom is -0.436 e. The molecule has 7 heteroatoms. The van der Waals surface area contributed by atoms with Crippen molar-refractivity contribution in [3.05, 3.63) is 82.6 Å². The number of aromatic nitrogens is 2. The van der Waals surface area contributed by atoms with Crippen LogP contribution in [-0.2, 0) is 6.54 Å². The van der Waals surface area contributed by atoms with Gasteiger partial charge in [0.05, 0.1) is 17.7 Å². The molecular weight excluding hydrogens is 378 g/mol. The Kier molecular flexibility index (Phi) is 3.74. The molecule has 0 fully saturated rings. The molecule has 2 aromatic heterocycles. The van der Waals surface area contributed by atoms with Crippen LogP contribution in [0.4, 0.5) is 0 Å². The number of nitrogens with zero attached hydrogens (tertiary/aromatic N) is 3. The van der Waals surface area contributed by atoms with E-state index in [-0.39, 0.29) is 18.4 Å². The van der Waals surface area contributed by atoms with Crippen molar-refractivity contribution < 1.29 is 14.0 Å². The summed E-state index contributed by atoms with van der Waals surface area (Å²) in [6.45, 7) is 0.177. The third kappa shape index (κ3) is 2.66. The average Bonchev–Trinajstić information content (AvgIpc) is 3.23. The van der Waals surface area contributed by atoms with Crippen LogP contribution in [0, 0.1) is 0 Å². The number of oxazole rings is 1. The smallest absolute Gasteiger partial charge is 0.261 e. The Hall–Kier alpha value is -3.51. The highest BCUT2D eigenvalue weighted by Gasteiger charge is 2.36. The van der Waals surface area contributed by atoms with Crippen LogP contribution in [0.25, 0.3) is 22.6 Å². The van der Waals surface area contributed by atoms with Crippen molar-refractivity contribution in [2.24, 2.45) is 0 Å². The van der Waals surface area contributed by atoms with Crippen LogP contribution < -0.4 is 0 Å². The number of halogens is 1. The molecule has 5 rings (SSSR count). The van der Waals surface area contributed by atoms with Gasteiger partial charge in [0.1, 0.15) is 5.52 Å². The van der Waals surface area contributed by atoms with Crippen LogP contribution in [0.2, 0.25) is 5.02 Å². The van der Waals surface area contributed by atoms with Crippen LogP contribution >= 0.6 is 11.6 Å². The van der Waals surface area contributed by atoms with Gasteiger partial charge < -0.3 is 4.42 Å². The number of hydrogen-bond donors (Lipinski definition) is 0. The van der Waals surface area contributed by atoms with Gasteiger partial charge in [0.15, 0.2) is 5.58 Å². The average molecular weight is 390 g/mol. The van der Waals surface area contributed by atoms with Gasteiger partial charge in [-0.05, 0) is 48.0 Å². The standard InChI is InChI=1S/C21H12ClN3O3/c22-14-4-6-18-17(9-14)24-19(28-18)13-3-5-15-16(8-13)21(27)25(20(15)26)11-12-2-1-7-23-10-12/h1-10H,11H2. The fourth-order valence-electron chi connectivity index (χ4n) is 3.27. The number of benzene rings is 2. The number of pyridine rings is 1. The van der Waals surface area contributed by atoms with Gasteiger partial charge in [0.25, 0.3) is 11.8 Å². The number of hydrogen-bond acceptors (Lipinski definition) is 5. The Labute approximate surface area is 164 Å². The third-order valence-electron chi connectivity index (χ3n) is 4.63. The van der Waals surface area contributed by atoms with Crippen molar-refractivity contribution >= 4 is 34.5 Å². The largest absolute Gasteiger partial charge is 0.436 e. The monoisotopic (exact) mass is 389 g/mol. The molecule has 1 aliphatic rings. The van der Waals surface area contributed by atoms with Crippen molar-refractivity contribution in [1.82, 2.24) is 14.9 Å². The molecule has 2 amide bonds. The number of rotatable bonds is 3. The normalized spacial score (nSPS) is 13.4. The highest BCUT2D eigenvalue weighted by molar-refractivity contribution is 6.31. The summed E-state index contributed by atoms with van der Waals surface area (Å²) in [4.78, 5) is 35.2. The minimum atomic E-state index is -0.343. The summed E-state index contributed by atoms with van der Waals surface area (Å²) in [7, 11) is 0. The van der Waals surface area contributed by atoms with E-state index in [0.29, 0.717) is 38.7 Å². The highest BCUT2D eigenvalue weighted by atomic mass is 35.5. The van der Waals surface area contributed by atoms with E-state index in [1.807, 2.05) is 6.07 Å². The molecule has 2 aromatic carbocycles. The topological polar surface area (TPSA) is 76.3 Å². The van der Waals surface area contributed by atoms with Gasteiger partial charge in [-0.2, -0.15) is 0 Å². The van der Waals surface area contributed by atoms with E-state index in [9.17, 15) is 9.59 Å². The first kappa shape index (κ1) is 16.6. The minimum absolute atomic E-state index is 0.177. The molecule has 3 heterocycles. The van der Waals surface area contributed by atoms with Crippen LogP contribution in [0.15, 0.2) is 65.3 Å². The predicted octanol–water partition coefficient (Wildman–Crippen LogP) is 4.34. The summed E-state index contributed by atoms with van der Waals surface area (Å²) < 4.78 is 5.77. The lowest BCUT2D eigenvalue weighted by atomic mass is 10.1. The molecule has 0 N–H and O–H groups in total. The lowest BCUT2D eigenvalue weighted by Gasteiger charge is -2.13. The summed E-state index contributed by atoms with van der Waals surface area (Å²) in [6, 6.07) is 13.8. The Morgan fingerprint density at radius 3 is 2.68 bits per heavy atom. The zero-order valence-corrected chi connectivity index (χ0v) is 15.2. The molecule has 136 valence electrons. The van der Waals surface area contributed by atoms with Crippen LogP contribution in [0.5, 0.6) is 0 Å². The van der Waals surface area contributed by atoms with Crippen LogP contribution in [-0.4, -0.2) is 26.7 Å². The first-order chi connectivity index (χ1) is 13.6. The van der Waals surface area contributed by atoms with Gasteiger partial charge in [-0.15, -0.1) is 0 Å². The molecule has 0 saturated carbocycles. The number of carbonyl (C=O) groups is 2. The Morgan fingerprint density at radius 2 is 1.86 bits per heavy atom. The highest BCUT2D eigenvalue weighted by Crippen LogP contribution is 2.31. The first-order valence-corrected chi connectivity index (χ1v) is 8.93. The molecule has 0 atom stereocenters. The van der Waals surface area contributed by atoms with Gasteiger partial charge in [0, 0.05) is 23.0 Å². The molecule has 1 aliphatic heterocycles. The maximum absolute atomic E-state index is 12.8. The Bertz CT molecular complexity index is 1250. The second kappa shape index (κ2) is 6.28. The van der Waals surface area contributed by atoms with Crippen molar-refractivity contribution in [3.8, 4) is 11.5 Å². The summed E-state index contributed by atoms with van der Waals surface area (Å²) in [5.41, 5.74) is 3.34. The molecule has 6 nitrogen and oxygen atoms in total. The van der Waals surface area contributed by atoms with E-state index in [4.69, 9.17) is 16.0 Å². The van der Waals surface area contributed by atoms with Crippen LogP contribution in [0.1, 0.15) is 26.3 Å². The third-order valence-corrected chi connectivity index (χ3v) is 4.87. The summed E-state index contributed by atoms with van der Waals surface area (Å²) in [6.07, 6.45) is 3.28. The van der Waals surface area contributed by atoms with Crippen molar-refractivity contribution in [2.45, 2.75) is 6.54 Å². The number of amides is 2. The van der Waals surface area contributed by atoms with E-state index < -0.39 is 0 Å². The number of imide groups is 1. The zero-order valence-electron chi connectivity index (χ0n) is 14.4.